The van der Waals surface area contributed by atoms with Crippen LogP contribution < -0.4 is 19.5 Å². The third-order valence-corrected chi connectivity index (χ3v) is 6.70. The van der Waals surface area contributed by atoms with E-state index in [2.05, 4.69) is 0 Å². The average molecular weight is 501 g/mol. The standard InChI is InChI=1S/C26H29ClN2O6/c1-33-20-8-7-18(16-21(20)34-2)24(30)22-23(17-5-3-6-19(27)15-17)29(26(32)25(22)31)10-4-9-28-11-13-35-14-12-28/h3,5-8,15-16,23,30H,4,9-14H2,1-2H3/b24-22+. The van der Waals surface area contributed by atoms with Crippen molar-refractivity contribution in [1.82, 2.24) is 4.90 Å². The van der Waals surface area contributed by atoms with Gasteiger partial charge in [-0.15, -0.1) is 0 Å². The highest BCUT2D eigenvalue weighted by Gasteiger charge is 2.44. The first kappa shape index (κ1) is 25.0. The lowest BCUT2D eigenvalue weighted by atomic mass is 9.95. The number of carbonyl (C=O) groups excluding carboxylic acids is 2. The molecule has 35 heavy (non-hydrogen) atoms. The summed E-state index contributed by atoms with van der Waals surface area (Å²) in [6.45, 7) is 4.48. The minimum absolute atomic E-state index is 0.0804. The molecule has 1 amide bonds. The molecule has 0 saturated carbocycles. The maximum Gasteiger partial charge on any atom is 0.295 e. The number of carbonyl (C=O) groups is 2. The monoisotopic (exact) mass is 500 g/mol. The van der Waals surface area contributed by atoms with Gasteiger partial charge in [-0.3, -0.25) is 9.59 Å². The maximum absolute atomic E-state index is 13.6. The topological polar surface area (TPSA) is 92.6 Å². The summed E-state index contributed by atoms with van der Waals surface area (Å²) >= 11 is 6.24. The van der Waals surface area contributed by atoms with Crippen molar-refractivity contribution >= 4 is 29.1 Å². The Morgan fingerprint density at radius 3 is 2.54 bits per heavy atom. The van der Waals surface area contributed by atoms with Crippen molar-refractivity contribution in [3.05, 3.63) is 64.2 Å². The van der Waals surface area contributed by atoms with Crippen molar-refractivity contribution in [2.24, 2.45) is 0 Å². The largest absolute Gasteiger partial charge is 0.872 e. The first-order valence-electron chi connectivity index (χ1n) is 11.6. The van der Waals surface area contributed by atoms with Crippen LogP contribution in [0.1, 0.15) is 23.6 Å². The number of nitrogens with one attached hydrogen (secondary N) is 1. The number of nitrogens with zero attached hydrogens (tertiary/aromatic N) is 1. The molecule has 1 atom stereocenters. The molecule has 2 saturated heterocycles. The minimum atomic E-state index is -0.811. The predicted molar refractivity (Wildman–Crippen MR) is 128 cm³/mol. The van der Waals surface area contributed by atoms with Crippen LogP contribution in [0.4, 0.5) is 0 Å². The van der Waals surface area contributed by atoms with E-state index in [9.17, 15) is 14.7 Å². The van der Waals surface area contributed by atoms with E-state index in [1.807, 2.05) is 0 Å². The first-order valence-corrected chi connectivity index (χ1v) is 12.0. The number of ether oxygens (including phenoxy) is 3. The smallest absolute Gasteiger partial charge is 0.295 e. The van der Waals surface area contributed by atoms with Crippen molar-refractivity contribution in [1.29, 1.82) is 0 Å². The molecule has 2 aromatic carbocycles. The molecule has 2 aliphatic heterocycles. The fourth-order valence-electron chi connectivity index (χ4n) is 4.67. The summed E-state index contributed by atoms with van der Waals surface area (Å²) in [4.78, 5) is 29.2. The number of amides is 1. The van der Waals surface area contributed by atoms with Crippen molar-refractivity contribution in [3.8, 4) is 11.5 Å². The van der Waals surface area contributed by atoms with Gasteiger partial charge in [0.2, 0.25) is 5.78 Å². The second-order valence-corrected chi connectivity index (χ2v) is 9.00. The number of hydrogen-bond donors (Lipinski definition) is 1. The molecule has 1 N–H and O–H groups in total. The molecule has 2 fully saturated rings. The number of likely N-dealkylation sites (tertiary alicyclic amines) is 1. The molecular weight excluding hydrogens is 472 g/mol. The zero-order chi connectivity index (χ0) is 24.9. The van der Waals surface area contributed by atoms with E-state index in [1.54, 1.807) is 36.4 Å². The lowest BCUT2D eigenvalue weighted by Gasteiger charge is -2.29. The van der Waals surface area contributed by atoms with E-state index >= 15 is 0 Å². The summed E-state index contributed by atoms with van der Waals surface area (Å²) < 4.78 is 16.0. The van der Waals surface area contributed by atoms with Gasteiger partial charge < -0.3 is 29.1 Å². The van der Waals surface area contributed by atoms with Gasteiger partial charge in [0.1, 0.15) is 13.1 Å². The summed E-state index contributed by atoms with van der Waals surface area (Å²) in [6, 6.07) is 10.8. The number of hydrogen-bond acceptors (Lipinski definition) is 6. The molecule has 0 aromatic heterocycles. The van der Waals surface area contributed by atoms with Crippen molar-refractivity contribution in [2.45, 2.75) is 12.5 Å². The van der Waals surface area contributed by atoms with Crippen LogP contribution in [0.3, 0.4) is 0 Å². The highest BCUT2D eigenvalue weighted by atomic mass is 35.5. The van der Waals surface area contributed by atoms with Gasteiger partial charge in [-0.05, 0) is 35.4 Å². The van der Waals surface area contributed by atoms with E-state index in [4.69, 9.17) is 25.8 Å². The SMILES string of the molecule is COc1ccc(/C([O-])=C2\C(=O)C(=O)N(CCC[NH+]3CCOCC3)C2c2cccc(Cl)c2)cc1OC. The summed E-state index contributed by atoms with van der Waals surface area (Å²) in [5, 5.41) is 14.1. The van der Waals surface area contributed by atoms with Crippen LogP contribution >= 0.6 is 11.6 Å². The van der Waals surface area contributed by atoms with Gasteiger partial charge in [0.05, 0.1) is 40.0 Å². The quantitative estimate of drug-likeness (QED) is 0.329. The number of morpholine rings is 1. The predicted octanol–water partition coefficient (Wildman–Crippen LogP) is 0.886. The van der Waals surface area contributed by atoms with Gasteiger partial charge in [0.25, 0.3) is 5.91 Å². The third kappa shape index (κ3) is 5.29. The molecule has 0 radical (unpaired) electrons. The van der Waals surface area contributed by atoms with Gasteiger partial charge in [-0.1, -0.05) is 35.6 Å². The van der Waals surface area contributed by atoms with E-state index in [0.29, 0.717) is 35.1 Å². The molecule has 0 aliphatic carbocycles. The van der Waals surface area contributed by atoms with Gasteiger partial charge in [-0.25, -0.2) is 0 Å². The van der Waals surface area contributed by atoms with Crippen LogP contribution in [0.25, 0.3) is 5.76 Å². The van der Waals surface area contributed by atoms with Crippen LogP contribution in [0.5, 0.6) is 11.5 Å². The molecule has 186 valence electrons. The second-order valence-electron chi connectivity index (χ2n) is 8.56. The Balaban J connectivity index is 1.70. The number of methoxy groups -OCH3 is 2. The number of rotatable bonds is 8. The van der Waals surface area contributed by atoms with Crippen LogP contribution in [0.15, 0.2) is 48.0 Å². The van der Waals surface area contributed by atoms with Crippen LogP contribution in [0, 0.1) is 0 Å². The Morgan fingerprint density at radius 2 is 1.86 bits per heavy atom. The van der Waals surface area contributed by atoms with Gasteiger partial charge >= 0.3 is 0 Å². The van der Waals surface area contributed by atoms with E-state index in [-0.39, 0.29) is 11.1 Å². The Morgan fingerprint density at radius 1 is 1.11 bits per heavy atom. The van der Waals surface area contributed by atoms with Gasteiger partial charge in [-0.2, -0.15) is 0 Å². The molecule has 1 unspecified atom stereocenters. The number of ketones is 1. The Hall–Kier alpha value is -3.07. The minimum Gasteiger partial charge on any atom is -0.872 e. The van der Waals surface area contributed by atoms with Crippen LogP contribution in [-0.2, 0) is 14.3 Å². The normalized spacial score (nSPS) is 20.3. The van der Waals surface area contributed by atoms with Crippen molar-refractivity contribution in [2.75, 3.05) is 53.6 Å². The fourth-order valence-corrected chi connectivity index (χ4v) is 4.87. The third-order valence-electron chi connectivity index (χ3n) is 6.47. The number of benzene rings is 2. The van der Waals surface area contributed by atoms with Crippen LogP contribution in [-0.4, -0.2) is 70.2 Å². The summed E-state index contributed by atoms with van der Waals surface area (Å²) in [7, 11) is 2.97. The summed E-state index contributed by atoms with van der Waals surface area (Å²) in [6.07, 6.45) is 0.698. The van der Waals surface area contributed by atoms with Crippen molar-refractivity contribution in [3.63, 3.8) is 0 Å². The molecule has 2 aliphatic rings. The highest BCUT2D eigenvalue weighted by molar-refractivity contribution is 6.46. The molecule has 0 bridgehead atoms. The molecule has 9 heteroatoms. The van der Waals surface area contributed by atoms with E-state index in [1.165, 1.54) is 30.1 Å². The number of Topliss-reactive ketones (excluding diaryl/α,β-unsaturated/α-hetero) is 1. The molecule has 2 aromatic rings. The zero-order valence-electron chi connectivity index (χ0n) is 19.8. The Kier molecular flexibility index (Phi) is 7.95. The van der Waals surface area contributed by atoms with Crippen molar-refractivity contribution < 1.29 is 33.8 Å². The average Bonchev–Trinajstić information content (AvgIpc) is 3.13. The summed E-state index contributed by atoms with van der Waals surface area (Å²) in [5.74, 6) is -1.15. The van der Waals surface area contributed by atoms with E-state index in [0.717, 1.165) is 32.8 Å². The molecule has 2 heterocycles. The molecular formula is C26H29ClN2O6. The second kappa shape index (κ2) is 11.1. The zero-order valence-corrected chi connectivity index (χ0v) is 20.6. The highest BCUT2D eigenvalue weighted by Crippen LogP contribution is 2.40. The maximum atomic E-state index is 13.6. The van der Waals surface area contributed by atoms with Crippen LogP contribution in [0.2, 0.25) is 5.02 Å². The Labute approximate surface area is 209 Å². The summed E-state index contributed by atoms with van der Waals surface area (Å²) in [5.41, 5.74) is 0.785. The first-order chi connectivity index (χ1) is 16.9. The van der Waals surface area contributed by atoms with Gasteiger partial charge in [0, 0.05) is 23.6 Å². The lowest BCUT2D eigenvalue weighted by Crippen LogP contribution is -3.14. The Bertz CT molecular complexity index is 1130. The number of quaternary nitrogens is 1. The lowest BCUT2D eigenvalue weighted by molar-refractivity contribution is -0.908. The van der Waals surface area contributed by atoms with E-state index < -0.39 is 23.5 Å². The van der Waals surface area contributed by atoms with Gasteiger partial charge in [0.15, 0.2) is 11.5 Å². The number of halogens is 1. The molecule has 8 nitrogen and oxygen atoms in total. The molecule has 0 spiro atoms. The molecule has 4 rings (SSSR count). The fraction of sp³-hybridized carbons (Fsp3) is 0.385.